The van der Waals surface area contributed by atoms with Gasteiger partial charge in [0.25, 0.3) is 0 Å². The number of hydrogen-bond acceptors (Lipinski definition) is 4. The first-order valence-corrected chi connectivity index (χ1v) is 7.70. The Bertz CT molecular complexity index is 532. The van der Waals surface area contributed by atoms with E-state index in [1.165, 1.54) is 11.3 Å². The van der Waals surface area contributed by atoms with E-state index in [1.54, 1.807) is 0 Å². The third-order valence-electron chi connectivity index (χ3n) is 2.72. The maximum absolute atomic E-state index is 5.96. The second-order valence-corrected chi connectivity index (χ2v) is 6.00. The highest BCUT2D eigenvalue weighted by Gasteiger charge is 2.11. The average molecular weight is 312 g/mol. The van der Waals surface area contributed by atoms with E-state index in [0.29, 0.717) is 13.2 Å². The summed E-state index contributed by atoms with van der Waals surface area (Å²) in [4.78, 5) is 1.09. The number of para-hydroxylation sites is 1. The van der Waals surface area contributed by atoms with Crippen molar-refractivity contribution in [1.82, 2.24) is 5.32 Å². The van der Waals surface area contributed by atoms with Gasteiger partial charge >= 0.3 is 0 Å². The average Bonchev–Trinajstić information content (AvgIpc) is 2.84. The van der Waals surface area contributed by atoms with Crippen molar-refractivity contribution in [3.8, 4) is 11.5 Å². The standard InChI is InChI=1S/C15H18ClNO2S/c1-3-18-13-6-4-5-11(9-17-2)15(13)19-10-12-7-8-14(16)20-12/h4-8,17H,3,9-10H2,1-2H3. The van der Waals surface area contributed by atoms with Crippen LogP contribution in [0.3, 0.4) is 0 Å². The molecule has 0 radical (unpaired) electrons. The summed E-state index contributed by atoms with van der Waals surface area (Å²) < 4.78 is 12.4. The molecule has 0 saturated heterocycles. The van der Waals surface area contributed by atoms with E-state index in [0.717, 1.165) is 32.8 Å². The molecule has 0 unspecified atom stereocenters. The fraction of sp³-hybridized carbons (Fsp3) is 0.333. The lowest BCUT2D eigenvalue weighted by molar-refractivity contribution is 0.268. The van der Waals surface area contributed by atoms with Crippen LogP contribution in [-0.4, -0.2) is 13.7 Å². The lowest BCUT2D eigenvalue weighted by Gasteiger charge is -2.15. The normalized spacial score (nSPS) is 10.6. The fourth-order valence-corrected chi connectivity index (χ4v) is 2.90. The van der Waals surface area contributed by atoms with E-state index < -0.39 is 0 Å². The molecule has 1 aromatic carbocycles. The molecule has 0 aliphatic rings. The van der Waals surface area contributed by atoms with Crippen LogP contribution in [-0.2, 0) is 13.2 Å². The van der Waals surface area contributed by atoms with Crippen molar-refractivity contribution in [2.45, 2.75) is 20.1 Å². The van der Waals surface area contributed by atoms with E-state index in [9.17, 15) is 0 Å². The van der Waals surface area contributed by atoms with Crippen molar-refractivity contribution in [2.75, 3.05) is 13.7 Å². The molecule has 0 aliphatic heterocycles. The van der Waals surface area contributed by atoms with Crippen molar-refractivity contribution in [3.63, 3.8) is 0 Å². The Morgan fingerprint density at radius 1 is 1.20 bits per heavy atom. The Labute approximate surface area is 128 Å². The molecular formula is C15H18ClNO2S. The topological polar surface area (TPSA) is 30.5 Å². The summed E-state index contributed by atoms with van der Waals surface area (Å²) in [6, 6.07) is 9.81. The number of halogens is 1. The van der Waals surface area contributed by atoms with Gasteiger partial charge in [-0.25, -0.2) is 0 Å². The zero-order chi connectivity index (χ0) is 14.4. The SMILES string of the molecule is CCOc1cccc(CNC)c1OCc1ccc(Cl)s1. The molecule has 0 spiro atoms. The minimum Gasteiger partial charge on any atom is -0.490 e. The number of benzene rings is 1. The Balaban J connectivity index is 2.18. The molecule has 1 heterocycles. The summed E-state index contributed by atoms with van der Waals surface area (Å²) in [7, 11) is 1.91. The van der Waals surface area contributed by atoms with E-state index >= 15 is 0 Å². The molecule has 0 fully saturated rings. The van der Waals surface area contributed by atoms with Crippen LogP contribution in [0.25, 0.3) is 0 Å². The van der Waals surface area contributed by atoms with Crippen LogP contribution < -0.4 is 14.8 Å². The van der Waals surface area contributed by atoms with Crippen LogP contribution in [0.1, 0.15) is 17.4 Å². The van der Waals surface area contributed by atoms with Crippen molar-refractivity contribution in [1.29, 1.82) is 0 Å². The van der Waals surface area contributed by atoms with Gasteiger partial charge in [0.1, 0.15) is 6.61 Å². The van der Waals surface area contributed by atoms with Gasteiger partial charge < -0.3 is 14.8 Å². The third kappa shape index (κ3) is 3.88. The minimum absolute atomic E-state index is 0.498. The zero-order valence-electron chi connectivity index (χ0n) is 11.6. The molecule has 3 nitrogen and oxygen atoms in total. The molecule has 20 heavy (non-hydrogen) atoms. The molecule has 0 saturated carbocycles. The second kappa shape index (κ2) is 7.53. The van der Waals surface area contributed by atoms with Crippen molar-refractivity contribution in [3.05, 3.63) is 45.1 Å². The van der Waals surface area contributed by atoms with Gasteiger partial charge in [-0.05, 0) is 32.2 Å². The molecule has 0 amide bonds. The number of rotatable bonds is 7. The van der Waals surface area contributed by atoms with E-state index in [1.807, 2.05) is 44.3 Å². The van der Waals surface area contributed by atoms with Crippen LogP contribution in [0.2, 0.25) is 4.34 Å². The Kier molecular flexibility index (Phi) is 5.71. The van der Waals surface area contributed by atoms with Crippen molar-refractivity contribution < 1.29 is 9.47 Å². The summed E-state index contributed by atoms with van der Waals surface area (Å²) in [5, 5.41) is 3.14. The van der Waals surface area contributed by atoms with Crippen molar-refractivity contribution >= 4 is 22.9 Å². The molecule has 5 heteroatoms. The third-order valence-corrected chi connectivity index (χ3v) is 3.92. The first-order valence-electron chi connectivity index (χ1n) is 6.51. The van der Waals surface area contributed by atoms with Gasteiger partial charge in [-0.15, -0.1) is 11.3 Å². The summed E-state index contributed by atoms with van der Waals surface area (Å²) in [6.45, 7) is 3.82. The molecule has 2 aromatic rings. The highest BCUT2D eigenvalue weighted by atomic mass is 35.5. The molecule has 0 aliphatic carbocycles. The minimum atomic E-state index is 0.498. The molecule has 1 N–H and O–H groups in total. The van der Waals surface area contributed by atoms with Crippen LogP contribution in [0, 0.1) is 0 Å². The van der Waals surface area contributed by atoms with E-state index in [4.69, 9.17) is 21.1 Å². The first kappa shape index (κ1) is 15.2. The number of hydrogen-bond donors (Lipinski definition) is 1. The zero-order valence-corrected chi connectivity index (χ0v) is 13.2. The predicted molar refractivity (Wildman–Crippen MR) is 84.0 cm³/mol. The maximum Gasteiger partial charge on any atom is 0.166 e. The van der Waals surface area contributed by atoms with Crippen LogP contribution in [0.15, 0.2) is 30.3 Å². The molecule has 0 bridgehead atoms. The van der Waals surface area contributed by atoms with Crippen LogP contribution in [0.5, 0.6) is 11.5 Å². The van der Waals surface area contributed by atoms with Gasteiger partial charge in [-0.3, -0.25) is 0 Å². The van der Waals surface area contributed by atoms with Crippen molar-refractivity contribution in [2.24, 2.45) is 0 Å². The van der Waals surface area contributed by atoms with Gasteiger partial charge in [0.05, 0.1) is 10.9 Å². The van der Waals surface area contributed by atoms with E-state index in [2.05, 4.69) is 5.32 Å². The largest absolute Gasteiger partial charge is 0.490 e. The van der Waals surface area contributed by atoms with E-state index in [-0.39, 0.29) is 0 Å². The molecule has 2 rings (SSSR count). The van der Waals surface area contributed by atoms with Gasteiger partial charge in [0.2, 0.25) is 0 Å². The van der Waals surface area contributed by atoms with Gasteiger partial charge in [0, 0.05) is 17.0 Å². The Hall–Kier alpha value is -1.23. The summed E-state index contributed by atoms with van der Waals surface area (Å²) in [6.07, 6.45) is 0. The fourth-order valence-electron chi connectivity index (χ4n) is 1.90. The first-order chi connectivity index (χ1) is 9.74. The number of ether oxygens (including phenoxy) is 2. The predicted octanol–water partition coefficient (Wildman–Crippen LogP) is 4.10. The van der Waals surface area contributed by atoms with Gasteiger partial charge in [0.15, 0.2) is 11.5 Å². The lowest BCUT2D eigenvalue weighted by Crippen LogP contribution is -2.08. The quantitative estimate of drug-likeness (QED) is 0.835. The van der Waals surface area contributed by atoms with Crippen LogP contribution in [0.4, 0.5) is 0 Å². The van der Waals surface area contributed by atoms with Gasteiger partial charge in [-0.1, -0.05) is 23.7 Å². The lowest BCUT2D eigenvalue weighted by atomic mass is 10.2. The smallest absolute Gasteiger partial charge is 0.166 e. The number of thiophene rings is 1. The highest BCUT2D eigenvalue weighted by Crippen LogP contribution is 2.33. The molecule has 1 aromatic heterocycles. The summed E-state index contributed by atoms with van der Waals surface area (Å²) in [5.74, 6) is 1.58. The monoisotopic (exact) mass is 311 g/mol. The summed E-state index contributed by atoms with van der Waals surface area (Å²) >= 11 is 7.46. The number of nitrogens with one attached hydrogen (secondary N) is 1. The van der Waals surface area contributed by atoms with Gasteiger partial charge in [-0.2, -0.15) is 0 Å². The highest BCUT2D eigenvalue weighted by molar-refractivity contribution is 7.16. The molecule has 0 atom stereocenters. The Morgan fingerprint density at radius 3 is 2.70 bits per heavy atom. The summed E-state index contributed by atoms with van der Waals surface area (Å²) in [5.41, 5.74) is 1.08. The maximum atomic E-state index is 5.96. The Morgan fingerprint density at radius 2 is 2.05 bits per heavy atom. The second-order valence-electron chi connectivity index (χ2n) is 4.20. The molecule has 108 valence electrons. The molecular weight excluding hydrogens is 294 g/mol. The van der Waals surface area contributed by atoms with Crippen LogP contribution >= 0.6 is 22.9 Å².